The summed E-state index contributed by atoms with van der Waals surface area (Å²) in [6.07, 6.45) is 5.15. The molecule has 2 aromatic rings. The molecule has 138 valence electrons. The number of anilines is 1. The zero-order valence-corrected chi connectivity index (χ0v) is 16.5. The van der Waals surface area contributed by atoms with E-state index >= 15 is 0 Å². The predicted molar refractivity (Wildman–Crippen MR) is 106 cm³/mol. The van der Waals surface area contributed by atoms with Gasteiger partial charge in [-0.3, -0.25) is 15.0 Å². The van der Waals surface area contributed by atoms with Gasteiger partial charge in [-0.25, -0.2) is 5.01 Å². The Morgan fingerprint density at radius 1 is 1.08 bits per heavy atom. The summed E-state index contributed by atoms with van der Waals surface area (Å²) >= 11 is 7.64. The van der Waals surface area contributed by atoms with Crippen LogP contribution >= 0.6 is 22.9 Å². The molecule has 7 heteroatoms. The fraction of sp³-hybridized carbons (Fsp3) is 0.368. The molecule has 0 saturated carbocycles. The fourth-order valence-electron chi connectivity index (χ4n) is 3.15. The van der Waals surface area contributed by atoms with Crippen LogP contribution in [0, 0.1) is 0 Å². The van der Waals surface area contributed by atoms with Gasteiger partial charge in [-0.2, -0.15) is 0 Å². The van der Waals surface area contributed by atoms with E-state index in [9.17, 15) is 9.59 Å². The summed E-state index contributed by atoms with van der Waals surface area (Å²) < 4.78 is 0. The van der Waals surface area contributed by atoms with Gasteiger partial charge < -0.3 is 5.32 Å². The standard InChI is InChI=1S/C19H22ClN3O2S/c1-23(2)22-18(25)16-13-9-4-3-5-11-15(13)26-19(16)21-17(24)12-8-6-7-10-14(12)20/h6-8,10H,3-5,9,11H2,1-2H3,(H,21,24)(H,22,25). The summed E-state index contributed by atoms with van der Waals surface area (Å²) in [5.74, 6) is -0.491. The van der Waals surface area contributed by atoms with Gasteiger partial charge in [0.15, 0.2) is 0 Å². The van der Waals surface area contributed by atoms with Crippen molar-refractivity contribution < 1.29 is 9.59 Å². The van der Waals surface area contributed by atoms with Gasteiger partial charge in [0.1, 0.15) is 5.00 Å². The number of nitrogens with zero attached hydrogens (tertiary/aromatic N) is 1. The highest BCUT2D eigenvalue weighted by Gasteiger charge is 2.26. The number of hydrogen-bond acceptors (Lipinski definition) is 4. The maximum atomic E-state index is 12.8. The van der Waals surface area contributed by atoms with Crippen LogP contribution in [0.3, 0.4) is 0 Å². The Hall–Kier alpha value is -1.89. The molecule has 5 nitrogen and oxygen atoms in total. The summed E-state index contributed by atoms with van der Waals surface area (Å²) in [5, 5.41) is 5.52. The van der Waals surface area contributed by atoms with Crippen molar-refractivity contribution in [2.75, 3.05) is 19.4 Å². The third-order valence-corrected chi connectivity index (χ3v) is 5.86. The molecule has 0 aliphatic heterocycles. The fourth-order valence-corrected chi connectivity index (χ4v) is 4.65. The summed E-state index contributed by atoms with van der Waals surface area (Å²) in [4.78, 5) is 26.7. The smallest absolute Gasteiger partial charge is 0.268 e. The quantitative estimate of drug-likeness (QED) is 0.608. The van der Waals surface area contributed by atoms with Gasteiger partial charge in [-0.05, 0) is 43.4 Å². The SMILES string of the molecule is CN(C)NC(=O)c1c(NC(=O)c2ccccc2Cl)sc2c1CCCCC2. The number of fused-ring (bicyclic) bond motifs is 1. The first kappa shape index (κ1) is 18.9. The van der Waals surface area contributed by atoms with Crippen molar-refractivity contribution in [2.24, 2.45) is 0 Å². The lowest BCUT2D eigenvalue weighted by atomic mass is 10.0. The molecule has 3 rings (SSSR count). The highest BCUT2D eigenvalue weighted by molar-refractivity contribution is 7.17. The van der Waals surface area contributed by atoms with Gasteiger partial charge in [0.2, 0.25) is 0 Å². The summed E-state index contributed by atoms with van der Waals surface area (Å²) in [5.41, 5.74) is 4.86. The molecule has 1 aliphatic carbocycles. The molecule has 1 aliphatic rings. The number of hydrazine groups is 1. The maximum Gasteiger partial charge on any atom is 0.268 e. The first-order valence-corrected chi connectivity index (χ1v) is 9.85. The van der Waals surface area contributed by atoms with E-state index in [1.165, 1.54) is 16.2 Å². The number of aryl methyl sites for hydroxylation is 1. The van der Waals surface area contributed by atoms with E-state index in [2.05, 4.69) is 10.7 Å². The number of rotatable bonds is 4. The molecule has 0 unspecified atom stereocenters. The molecule has 0 spiro atoms. The Morgan fingerprint density at radius 3 is 2.54 bits per heavy atom. The van der Waals surface area contributed by atoms with Crippen LogP contribution in [0.2, 0.25) is 5.02 Å². The lowest BCUT2D eigenvalue weighted by Crippen LogP contribution is -2.36. The molecule has 1 aromatic heterocycles. The monoisotopic (exact) mass is 391 g/mol. The minimum Gasteiger partial charge on any atom is -0.313 e. The summed E-state index contributed by atoms with van der Waals surface area (Å²) in [7, 11) is 3.54. The highest BCUT2D eigenvalue weighted by atomic mass is 35.5. The Kier molecular flexibility index (Phi) is 5.96. The summed E-state index contributed by atoms with van der Waals surface area (Å²) in [6.45, 7) is 0. The van der Waals surface area contributed by atoms with Crippen LogP contribution < -0.4 is 10.7 Å². The zero-order valence-electron chi connectivity index (χ0n) is 14.9. The van der Waals surface area contributed by atoms with Crippen molar-refractivity contribution in [2.45, 2.75) is 32.1 Å². The van der Waals surface area contributed by atoms with Crippen LogP contribution in [0.15, 0.2) is 24.3 Å². The number of halogens is 1. The van der Waals surface area contributed by atoms with Crippen LogP contribution in [0.4, 0.5) is 5.00 Å². The summed E-state index contributed by atoms with van der Waals surface area (Å²) in [6, 6.07) is 6.90. The van der Waals surface area contributed by atoms with Gasteiger partial charge in [-0.15, -0.1) is 11.3 Å². The minimum atomic E-state index is -0.300. The lowest BCUT2D eigenvalue weighted by Gasteiger charge is -2.14. The lowest BCUT2D eigenvalue weighted by molar-refractivity contribution is 0.0857. The molecule has 0 fully saturated rings. The number of nitrogens with one attached hydrogen (secondary N) is 2. The van der Waals surface area contributed by atoms with Crippen molar-refractivity contribution in [3.05, 3.63) is 50.9 Å². The number of thiophene rings is 1. The van der Waals surface area contributed by atoms with E-state index in [0.29, 0.717) is 21.2 Å². The Balaban J connectivity index is 1.96. The van der Waals surface area contributed by atoms with Gasteiger partial charge >= 0.3 is 0 Å². The third kappa shape index (κ3) is 4.09. The normalized spacial score (nSPS) is 13.8. The van der Waals surface area contributed by atoms with Crippen molar-refractivity contribution in [3.63, 3.8) is 0 Å². The predicted octanol–water partition coefficient (Wildman–Crippen LogP) is 4.13. The Morgan fingerprint density at radius 2 is 1.81 bits per heavy atom. The molecule has 0 bridgehead atoms. The second kappa shape index (κ2) is 8.20. The van der Waals surface area contributed by atoms with E-state index in [1.54, 1.807) is 43.4 Å². The minimum absolute atomic E-state index is 0.191. The molecule has 0 saturated heterocycles. The number of carbonyl (C=O) groups excluding carboxylic acids is 2. The molecule has 1 heterocycles. The van der Waals surface area contributed by atoms with E-state index in [1.807, 2.05) is 0 Å². The van der Waals surface area contributed by atoms with E-state index in [-0.39, 0.29) is 11.8 Å². The van der Waals surface area contributed by atoms with Crippen LogP contribution in [0.1, 0.15) is 50.4 Å². The van der Waals surface area contributed by atoms with Gasteiger partial charge in [0.25, 0.3) is 11.8 Å². The average Bonchev–Trinajstić information content (AvgIpc) is 2.75. The molecule has 1 aromatic carbocycles. The molecule has 2 amide bonds. The number of amides is 2. The Bertz CT molecular complexity index is 832. The molecule has 2 N–H and O–H groups in total. The zero-order chi connectivity index (χ0) is 18.7. The molecule has 0 radical (unpaired) electrons. The number of hydrogen-bond donors (Lipinski definition) is 2. The van der Waals surface area contributed by atoms with E-state index in [0.717, 1.165) is 37.7 Å². The second-order valence-electron chi connectivity index (χ2n) is 6.54. The third-order valence-electron chi connectivity index (χ3n) is 4.32. The van der Waals surface area contributed by atoms with Crippen molar-refractivity contribution in [3.8, 4) is 0 Å². The van der Waals surface area contributed by atoms with Gasteiger partial charge in [-0.1, -0.05) is 30.2 Å². The number of carbonyl (C=O) groups is 2. The van der Waals surface area contributed by atoms with Gasteiger partial charge in [0.05, 0.1) is 16.1 Å². The van der Waals surface area contributed by atoms with Crippen molar-refractivity contribution in [1.29, 1.82) is 0 Å². The van der Waals surface area contributed by atoms with Crippen LogP contribution in [0.5, 0.6) is 0 Å². The van der Waals surface area contributed by atoms with Crippen molar-refractivity contribution in [1.82, 2.24) is 10.4 Å². The molecular formula is C19H22ClN3O2S. The molecule has 0 atom stereocenters. The van der Waals surface area contributed by atoms with E-state index < -0.39 is 0 Å². The number of benzene rings is 1. The van der Waals surface area contributed by atoms with E-state index in [4.69, 9.17) is 11.6 Å². The first-order valence-electron chi connectivity index (χ1n) is 8.66. The maximum absolute atomic E-state index is 12.8. The first-order chi connectivity index (χ1) is 12.5. The van der Waals surface area contributed by atoms with Crippen LogP contribution in [-0.4, -0.2) is 30.9 Å². The topological polar surface area (TPSA) is 61.4 Å². The largest absolute Gasteiger partial charge is 0.313 e. The van der Waals surface area contributed by atoms with Gasteiger partial charge in [0, 0.05) is 19.0 Å². The average molecular weight is 392 g/mol. The van der Waals surface area contributed by atoms with Crippen molar-refractivity contribution >= 4 is 39.8 Å². The Labute approximate surface area is 162 Å². The molecular weight excluding hydrogens is 370 g/mol. The van der Waals surface area contributed by atoms with Crippen LogP contribution in [0.25, 0.3) is 0 Å². The van der Waals surface area contributed by atoms with Crippen LogP contribution in [-0.2, 0) is 12.8 Å². The second-order valence-corrected chi connectivity index (χ2v) is 8.05. The molecule has 26 heavy (non-hydrogen) atoms. The highest BCUT2D eigenvalue weighted by Crippen LogP contribution is 2.38.